The highest BCUT2D eigenvalue weighted by Crippen LogP contribution is 2.21. The van der Waals surface area contributed by atoms with Crippen molar-refractivity contribution in [3.05, 3.63) is 16.4 Å². The third-order valence-electron chi connectivity index (χ3n) is 3.36. The predicted molar refractivity (Wildman–Crippen MR) is 80.0 cm³/mol. The van der Waals surface area contributed by atoms with Crippen LogP contribution in [0.4, 0.5) is 0 Å². The van der Waals surface area contributed by atoms with Crippen molar-refractivity contribution in [1.29, 1.82) is 0 Å². The van der Waals surface area contributed by atoms with Gasteiger partial charge in [-0.25, -0.2) is 0 Å². The van der Waals surface area contributed by atoms with Gasteiger partial charge >= 0.3 is 0 Å². The summed E-state index contributed by atoms with van der Waals surface area (Å²) in [5.41, 5.74) is 1.08. The zero-order valence-electron chi connectivity index (χ0n) is 12.7. The normalized spacial score (nSPS) is 11.7. The highest BCUT2D eigenvalue weighted by Gasteiger charge is 2.20. The van der Waals surface area contributed by atoms with Gasteiger partial charge in [0.05, 0.1) is 11.3 Å². The summed E-state index contributed by atoms with van der Waals surface area (Å²) in [6, 6.07) is 0. The van der Waals surface area contributed by atoms with E-state index in [1.807, 2.05) is 20.8 Å². The fourth-order valence-electron chi connectivity index (χ4n) is 1.96. The smallest absolute Gasteiger partial charge is 0.256 e. The largest absolute Gasteiger partial charge is 0.396 e. The van der Waals surface area contributed by atoms with Gasteiger partial charge in [-0.15, -0.1) is 0 Å². The van der Waals surface area contributed by atoms with Gasteiger partial charge in [0.15, 0.2) is 0 Å². The number of aromatic nitrogens is 2. The molecular formula is C14H24ClN3O2. The molecule has 0 saturated carbocycles. The SMILES string of the molecule is CCc1nn(C)c(Cl)c1C(=O)NCCCC(C)(C)CO. The van der Waals surface area contributed by atoms with Crippen molar-refractivity contribution in [3.8, 4) is 0 Å². The standard InChI is InChI=1S/C14H24ClN3O2/c1-5-10-11(12(15)18(4)17-10)13(20)16-8-6-7-14(2,3)9-19/h19H,5-9H2,1-4H3,(H,16,20). The van der Waals surface area contributed by atoms with Crippen LogP contribution in [-0.4, -0.2) is 33.9 Å². The first kappa shape index (κ1) is 17.0. The molecule has 6 heteroatoms. The van der Waals surface area contributed by atoms with Crippen molar-refractivity contribution in [3.63, 3.8) is 0 Å². The lowest BCUT2D eigenvalue weighted by molar-refractivity contribution is 0.0947. The van der Waals surface area contributed by atoms with E-state index in [4.69, 9.17) is 11.6 Å². The number of amides is 1. The second-order valence-electron chi connectivity index (χ2n) is 5.77. The molecule has 0 unspecified atom stereocenters. The first-order valence-electron chi connectivity index (χ1n) is 6.93. The number of halogens is 1. The fraction of sp³-hybridized carbons (Fsp3) is 0.714. The maximum absolute atomic E-state index is 12.2. The molecule has 0 aromatic carbocycles. The number of carbonyl (C=O) groups is 1. The van der Waals surface area contributed by atoms with Crippen LogP contribution in [0.2, 0.25) is 5.15 Å². The van der Waals surface area contributed by atoms with Gasteiger partial charge in [0, 0.05) is 20.2 Å². The molecule has 20 heavy (non-hydrogen) atoms. The van der Waals surface area contributed by atoms with E-state index in [1.165, 1.54) is 4.68 Å². The highest BCUT2D eigenvalue weighted by molar-refractivity contribution is 6.33. The molecule has 1 aromatic heterocycles. The second kappa shape index (κ2) is 7.09. The van der Waals surface area contributed by atoms with Crippen molar-refractivity contribution in [2.75, 3.05) is 13.2 Å². The quantitative estimate of drug-likeness (QED) is 0.759. The first-order chi connectivity index (χ1) is 9.32. The molecule has 0 fully saturated rings. The lowest BCUT2D eigenvalue weighted by atomic mass is 9.89. The Kier molecular flexibility index (Phi) is 6.02. The van der Waals surface area contributed by atoms with Crippen molar-refractivity contribution >= 4 is 17.5 Å². The van der Waals surface area contributed by atoms with E-state index in [1.54, 1.807) is 7.05 Å². The molecular weight excluding hydrogens is 278 g/mol. The number of carbonyl (C=O) groups excluding carboxylic acids is 1. The van der Waals surface area contributed by atoms with Gasteiger partial charge in [-0.1, -0.05) is 32.4 Å². The molecule has 1 rings (SSSR count). The van der Waals surface area contributed by atoms with Gasteiger partial charge in [0.2, 0.25) is 0 Å². The predicted octanol–water partition coefficient (Wildman–Crippen LogP) is 2.16. The number of aliphatic hydroxyl groups is 1. The van der Waals surface area contributed by atoms with E-state index in [0.717, 1.165) is 12.8 Å². The maximum atomic E-state index is 12.2. The Bertz CT molecular complexity index is 469. The van der Waals surface area contributed by atoms with Crippen molar-refractivity contribution < 1.29 is 9.90 Å². The van der Waals surface area contributed by atoms with Crippen LogP contribution < -0.4 is 5.32 Å². The number of hydrogen-bond donors (Lipinski definition) is 2. The fourth-order valence-corrected chi connectivity index (χ4v) is 2.20. The van der Waals surface area contributed by atoms with Crippen molar-refractivity contribution in [2.45, 2.75) is 40.0 Å². The number of aliphatic hydroxyl groups excluding tert-OH is 1. The average molecular weight is 302 g/mol. The van der Waals surface area contributed by atoms with Crippen molar-refractivity contribution in [2.24, 2.45) is 12.5 Å². The van der Waals surface area contributed by atoms with Crippen LogP contribution in [0, 0.1) is 5.41 Å². The molecule has 114 valence electrons. The molecule has 0 radical (unpaired) electrons. The number of nitrogens with zero attached hydrogens (tertiary/aromatic N) is 2. The topological polar surface area (TPSA) is 67.2 Å². The van der Waals surface area contributed by atoms with E-state index in [9.17, 15) is 9.90 Å². The minimum Gasteiger partial charge on any atom is -0.396 e. The number of rotatable bonds is 7. The van der Waals surface area contributed by atoms with Crippen LogP contribution >= 0.6 is 11.6 Å². The zero-order chi connectivity index (χ0) is 15.3. The zero-order valence-corrected chi connectivity index (χ0v) is 13.4. The summed E-state index contributed by atoms with van der Waals surface area (Å²) in [7, 11) is 1.72. The number of aryl methyl sites for hydroxylation is 2. The Balaban J connectivity index is 2.56. The van der Waals surface area contributed by atoms with Crippen LogP contribution in [-0.2, 0) is 13.5 Å². The van der Waals surface area contributed by atoms with Crippen LogP contribution in [0.1, 0.15) is 49.7 Å². The average Bonchev–Trinajstić information content (AvgIpc) is 2.70. The molecule has 0 bridgehead atoms. The van der Waals surface area contributed by atoms with E-state index in [2.05, 4.69) is 10.4 Å². The molecule has 0 atom stereocenters. The van der Waals surface area contributed by atoms with Crippen LogP contribution in [0.25, 0.3) is 0 Å². The number of hydrogen-bond acceptors (Lipinski definition) is 3. The Morgan fingerprint density at radius 2 is 2.15 bits per heavy atom. The summed E-state index contributed by atoms with van der Waals surface area (Å²) in [6.45, 7) is 6.66. The second-order valence-corrected chi connectivity index (χ2v) is 6.13. The van der Waals surface area contributed by atoms with E-state index in [0.29, 0.717) is 29.4 Å². The van der Waals surface area contributed by atoms with Gasteiger partial charge in [0.25, 0.3) is 5.91 Å². The van der Waals surface area contributed by atoms with Crippen molar-refractivity contribution in [1.82, 2.24) is 15.1 Å². The third kappa shape index (κ3) is 4.21. The van der Waals surface area contributed by atoms with Crippen LogP contribution in [0.15, 0.2) is 0 Å². The molecule has 5 nitrogen and oxygen atoms in total. The molecule has 0 aliphatic rings. The lowest BCUT2D eigenvalue weighted by Gasteiger charge is -2.21. The molecule has 2 N–H and O–H groups in total. The molecule has 0 aliphatic carbocycles. The van der Waals surface area contributed by atoms with Gasteiger partial charge in [-0.05, 0) is 24.7 Å². The summed E-state index contributed by atoms with van der Waals surface area (Å²) in [5.74, 6) is -0.179. The lowest BCUT2D eigenvalue weighted by Crippen LogP contribution is -2.27. The Hall–Kier alpha value is -1.07. The number of nitrogens with one attached hydrogen (secondary N) is 1. The van der Waals surface area contributed by atoms with Gasteiger partial charge in [0.1, 0.15) is 5.15 Å². The highest BCUT2D eigenvalue weighted by atomic mass is 35.5. The molecule has 0 spiro atoms. The van der Waals surface area contributed by atoms with E-state index in [-0.39, 0.29) is 17.9 Å². The first-order valence-corrected chi connectivity index (χ1v) is 7.30. The van der Waals surface area contributed by atoms with Crippen LogP contribution in [0.5, 0.6) is 0 Å². The van der Waals surface area contributed by atoms with Gasteiger partial charge < -0.3 is 10.4 Å². The summed E-state index contributed by atoms with van der Waals surface area (Å²) < 4.78 is 1.52. The monoisotopic (exact) mass is 301 g/mol. The minimum atomic E-state index is -0.179. The van der Waals surface area contributed by atoms with E-state index < -0.39 is 0 Å². The summed E-state index contributed by atoms with van der Waals surface area (Å²) in [6.07, 6.45) is 2.34. The Morgan fingerprint density at radius 3 is 2.70 bits per heavy atom. The summed E-state index contributed by atoms with van der Waals surface area (Å²) >= 11 is 6.10. The molecule has 1 heterocycles. The Morgan fingerprint density at radius 1 is 1.50 bits per heavy atom. The maximum Gasteiger partial charge on any atom is 0.256 e. The van der Waals surface area contributed by atoms with Gasteiger partial charge in [-0.2, -0.15) is 5.10 Å². The summed E-state index contributed by atoms with van der Waals surface area (Å²) in [4.78, 5) is 12.2. The third-order valence-corrected chi connectivity index (χ3v) is 3.79. The summed E-state index contributed by atoms with van der Waals surface area (Å²) in [5, 5.41) is 16.6. The van der Waals surface area contributed by atoms with Gasteiger partial charge in [-0.3, -0.25) is 9.48 Å². The van der Waals surface area contributed by atoms with E-state index >= 15 is 0 Å². The molecule has 0 saturated heterocycles. The molecule has 1 amide bonds. The molecule has 1 aromatic rings. The minimum absolute atomic E-state index is 0.106. The Labute approximate surface area is 125 Å². The molecule has 0 aliphatic heterocycles. The van der Waals surface area contributed by atoms with Crippen LogP contribution in [0.3, 0.4) is 0 Å².